The zero-order valence-electron chi connectivity index (χ0n) is 7.71. The maximum atomic E-state index is 6.20. The van der Waals surface area contributed by atoms with Gasteiger partial charge in [-0.1, -0.05) is 0 Å². The predicted octanol–water partition coefficient (Wildman–Crippen LogP) is 1.52. The van der Waals surface area contributed by atoms with Crippen molar-refractivity contribution < 1.29 is 0 Å². The van der Waals surface area contributed by atoms with Crippen LogP contribution in [0.2, 0.25) is 0 Å². The third-order valence-corrected chi connectivity index (χ3v) is 3.34. The number of aryl methyl sites for hydroxylation is 1. The smallest absolute Gasteiger partial charge is 0.0429 e. The first-order valence-electron chi connectivity index (χ1n) is 5.05. The Bertz CT molecular complexity index is 353. The predicted molar refractivity (Wildman–Crippen MR) is 51.4 cm³/mol. The van der Waals surface area contributed by atoms with Crippen LogP contribution in [-0.4, -0.2) is 4.98 Å². The molecule has 0 aliphatic heterocycles. The highest BCUT2D eigenvalue weighted by atomic mass is 14.8. The van der Waals surface area contributed by atoms with Crippen LogP contribution in [0.15, 0.2) is 12.4 Å². The lowest BCUT2D eigenvalue weighted by Crippen LogP contribution is -2.21. The third-order valence-electron chi connectivity index (χ3n) is 3.34. The van der Waals surface area contributed by atoms with Gasteiger partial charge in [0.15, 0.2) is 0 Å². The fourth-order valence-electron chi connectivity index (χ4n) is 2.33. The molecule has 13 heavy (non-hydrogen) atoms. The van der Waals surface area contributed by atoms with Gasteiger partial charge in [-0.3, -0.25) is 4.98 Å². The van der Waals surface area contributed by atoms with Crippen molar-refractivity contribution in [3.05, 3.63) is 29.1 Å². The maximum Gasteiger partial charge on any atom is 0.0429 e. The molecular formula is C11H14N2. The standard InChI is InChI=1S/C11H14N2/c12-11(4-5-11)10-7-13-6-8-2-1-3-9(8)10/h6-7H,1-5,12H2. The highest BCUT2D eigenvalue weighted by molar-refractivity contribution is 5.42. The molecule has 1 aromatic rings. The fourth-order valence-corrected chi connectivity index (χ4v) is 2.33. The van der Waals surface area contributed by atoms with Crippen molar-refractivity contribution in [3.8, 4) is 0 Å². The number of nitrogens with zero attached hydrogens (tertiary/aromatic N) is 1. The van der Waals surface area contributed by atoms with Crippen LogP contribution in [0.3, 0.4) is 0 Å². The van der Waals surface area contributed by atoms with Gasteiger partial charge in [-0.2, -0.15) is 0 Å². The van der Waals surface area contributed by atoms with E-state index >= 15 is 0 Å². The van der Waals surface area contributed by atoms with Crippen molar-refractivity contribution in [1.29, 1.82) is 0 Å². The van der Waals surface area contributed by atoms with Gasteiger partial charge in [-0.05, 0) is 48.8 Å². The highest BCUT2D eigenvalue weighted by Crippen LogP contribution is 2.45. The van der Waals surface area contributed by atoms with Crippen LogP contribution in [0, 0.1) is 0 Å². The Morgan fingerprint density at radius 3 is 2.85 bits per heavy atom. The van der Waals surface area contributed by atoms with Gasteiger partial charge in [0, 0.05) is 17.9 Å². The van der Waals surface area contributed by atoms with Gasteiger partial charge < -0.3 is 5.73 Å². The summed E-state index contributed by atoms with van der Waals surface area (Å²) in [4.78, 5) is 4.28. The molecule has 2 N–H and O–H groups in total. The second-order valence-electron chi connectivity index (χ2n) is 4.33. The maximum absolute atomic E-state index is 6.20. The first-order chi connectivity index (χ1) is 6.30. The zero-order valence-corrected chi connectivity index (χ0v) is 7.71. The number of rotatable bonds is 1. The Labute approximate surface area is 78.2 Å². The van der Waals surface area contributed by atoms with Gasteiger partial charge in [-0.25, -0.2) is 0 Å². The van der Waals surface area contributed by atoms with E-state index in [1.54, 1.807) is 0 Å². The third kappa shape index (κ3) is 1.02. The Morgan fingerprint density at radius 1 is 1.23 bits per heavy atom. The first kappa shape index (κ1) is 7.51. The van der Waals surface area contributed by atoms with Crippen LogP contribution < -0.4 is 5.73 Å². The molecule has 1 saturated carbocycles. The van der Waals surface area contributed by atoms with Crippen LogP contribution >= 0.6 is 0 Å². The summed E-state index contributed by atoms with van der Waals surface area (Å²) in [6.45, 7) is 0. The van der Waals surface area contributed by atoms with Gasteiger partial charge in [0.1, 0.15) is 0 Å². The first-order valence-corrected chi connectivity index (χ1v) is 5.05. The minimum absolute atomic E-state index is 0.00266. The second kappa shape index (κ2) is 2.32. The van der Waals surface area contributed by atoms with Gasteiger partial charge >= 0.3 is 0 Å². The summed E-state index contributed by atoms with van der Waals surface area (Å²) in [7, 11) is 0. The molecule has 0 amide bonds. The van der Waals surface area contributed by atoms with Crippen LogP contribution in [0.25, 0.3) is 0 Å². The number of pyridine rings is 1. The normalized spacial score (nSPS) is 22.8. The van der Waals surface area contributed by atoms with Crippen molar-refractivity contribution >= 4 is 0 Å². The van der Waals surface area contributed by atoms with E-state index in [4.69, 9.17) is 5.73 Å². The molecule has 1 aromatic heterocycles. The van der Waals surface area contributed by atoms with Gasteiger partial charge in [0.2, 0.25) is 0 Å². The molecule has 0 bridgehead atoms. The molecule has 0 spiro atoms. The lowest BCUT2D eigenvalue weighted by molar-refractivity contribution is 0.722. The van der Waals surface area contributed by atoms with Gasteiger partial charge in [-0.15, -0.1) is 0 Å². The minimum Gasteiger partial charge on any atom is -0.321 e. The van der Waals surface area contributed by atoms with Crippen molar-refractivity contribution in [2.75, 3.05) is 0 Å². The average molecular weight is 174 g/mol. The second-order valence-corrected chi connectivity index (χ2v) is 4.33. The van der Waals surface area contributed by atoms with Crippen LogP contribution in [0.4, 0.5) is 0 Å². The van der Waals surface area contributed by atoms with E-state index in [9.17, 15) is 0 Å². The number of hydrogen-bond donors (Lipinski definition) is 1. The largest absolute Gasteiger partial charge is 0.321 e. The van der Waals surface area contributed by atoms with E-state index in [0.29, 0.717) is 0 Å². The molecule has 0 saturated heterocycles. The van der Waals surface area contributed by atoms with E-state index < -0.39 is 0 Å². The minimum atomic E-state index is 0.00266. The SMILES string of the molecule is NC1(c2cncc3c2CCC3)CC1. The van der Waals surface area contributed by atoms with Crippen LogP contribution in [0.5, 0.6) is 0 Å². The molecule has 0 aromatic carbocycles. The number of nitrogens with two attached hydrogens (primary N) is 1. The molecular weight excluding hydrogens is 160 g/mol. The molecule has 2 aliphatic carbocycles. The Hall–Kier alpha value is -0.890. The molecule has 0 radical (unpaired) electrons. The average Bonchev–Trinajstić information content (AvgIpc) is 2.72. The highest BCUT2D eigenvalue weighted by Gasteiger charge is 2.42. The molecule has 68 valence electrons. The van der Waals surface area contributed by atoms with Crippen molar-refractivity contribution in [3.63, 3.8) is 0 Å². The van der Waals surface area contributed by atoms with E-state index in [0.717, 1.165) is 12.8 Å². The molecule has 1 heterocycles. The van der Waals surface area contributed by atoms with Crippen molar-refractivity contribution in [1.82, 2.24) is 4.98 Å². The zero-order chi connectivity index (χ0) is 8.89. The fraction of sp³-hybridized carbons (Fsp3) is 0.545. The summed E-state index contributed by atoms with van der Waals surface area (Å²) >= 11 is 0. The molecule has 2 aliphatic rings. The monoisotopic (exact) mass is 174 g/mol. The number of hydrogen-bond acceptors (Lipinski definition) is 2. The van der Waals surface area contributed by atoms with E-state index in [2.05, 4.69) is 4.98 Å². The molecule has 3 rings (SSSR count). The quantitative estimate of drug-likeness (QED) is 0.701. The van der Waals surface area contributed by atoms with E-state index in [-0.39, 0.29) is 5.54 Å². The summed E-state index contributed by atoms with van der Waals surface area (Å²) in [6, 6.07) is 0. The number of fused-ring (bicyclic) bond motifs is 1. The lowest BCUT2D eigenvalue weighted by atomic mass is 9.99. The summed E-state index contributed by atoms with van der Waals surface area (Å²) in [5.41, 5.74) is 10.5. The topological polar surface area (TPSA) is 38.9 Å². The molecule has 0 atom stereocenters. The summed E-state index contributed by atoms with van der Waals surface area (Å²) < 4.78 is 0. The van der Waals surface area contributed by atoms with Crippen molar-refractivity contribution in [2.45, 2.75) is 37.6 Å². The van der Waals surface area contributed by atoms with E-state index in [1.807, 2.05) is 12.4 Å². The van der Waals surface area contributed by atoms with Gasteiger partial charge in [0.05, 0.1) is 0 Å². The van der Waals surface area contributed by atoms with E-state index in [1.165, 1.54) is 36.0 Å². The Balaban J connectivity index is 2.15. The molecule has 0 unspecified atom stereocenters. The summed E-state index contributed by atoms with van der Waals surface area (Å²) in [5, 5.41) is 0. The summed E-state index contributed by atoms with van der Waals surface area (Å²) in [5.74, 6) is 0. The number of aromatic nitrogens is 1. The Morgan fingerprint density at radius 2 is 2.08 bits per heavy atom. The van der Waals surface area contributed by atoms with Gasteiger partial charge in [0.25, 0.3) is 0 Å². The molecule has 2 nitrogen and oxygen atoms in total. The lowest BCUT2D eigenvalue weighted by Gasteiger charge is -2.13. The van der Waals surface area contributed by atoms with Crippen LogP contribution in [-0.2, 0) is 18.4 Å². The summed E-state index contributed by atoms with van der Waals surface area (Å²) in [6.07, 6.45) is 9.98. The van der Waals surface area contributed by atoms with Crippen molar-refractivity contribution in [2.24, 2.45) is 5.73 Å². The molecule has 2 heteroatoms. The van der Waals surface area contributed by atoms with Crippen LogP contribution in [0.1, 0.15) is 36.0 Å². The molecule has 1 fully saturated rings. The Kier molecular flexibility index (Phi) is 1.34.